The van der Waals surface area contributed by atoms with Crippen LogP contribution in [0.25, 0.3) is 0 Å². The Balaban J connectivity index is 0.00000312. The van der Waals surface area contributed by atoms with Crippen LogP contribution >= 0.6 is 35.3 Å². The highest BCUT2D eigenvalue weighted by molar-refractivity contribution is 14.0. The smallest absolute Gasteiger partial charge is 0.193 e. The Morgan fingerprint density at radius 1 is 1.44 bits per heavy atom. The van der Waals surface area contributed by atoms with Gasteiger partial charge in [-0.2, -0.15) is 5.10 Å². The van der Waals surface area contributed by atoms with Crippen molar-refractivity contribution in [3.05, 3.63) is 33.5 Å². The van der Waals surface area contributed by atoms with Crippen molar-refractivity contribution in [3.8, 4) is 0 Å². The lowest BCUT2D eigenvalue weighted by Crippen LogP contribution is -2.39. The summed E-state index contributed by atoms with van der Waals surface area (Å²) in [6.07, 6.45) is 3.00. The number of halogens is 1. The van der Waals surface area contributed by atoms with Crippen LogP contribution in [0.4, 0.5) is 0 Å². The van der Waals surface area contributed by atoms with Crippen molar-refractivity contribution in [3.63, 3.8) is 0 Å². The molecule has 0 aliphatic carbocycles. The van der Waals surface area contributed by atoms with Crippen molar-refractivity contribution < 1.29 is 0 Å². The lowest BCUT2D eigenvalue weighted by molar-refractivity contribution is 0.473. The lowest BCUT2D eigenvalue weighted by Gasteiger charge is -2.22. The molecule has 2 aromatic heterocycles. The zero-order valence-corrected chi connectivity index (χ0v) is 19.1. The zero-order valence-electron chi connectivity index (χ0n) is 15.9. The fourth-order valence-corrected chi connectivity index (χ4v) is 3.35. The molecule has 2 rings (SSSR count). The molecule has 0 saturated heterocycles. The number of thiazole rings is 1. The number of nitrogens with zero attached hydrogens (tertiary/aromatic N) is 5. The molecule has 2 heterocycles. The summed E-state index contributed by atoms with van der Waals surface area (Å²) < 4.78 is 1.89. The first-order chi connectivity index (χ1) is 11.4. The molecule has 0 aliphatic heterocycles. The van der Waals surface area contributed by atoms with E-state index in [0.717, 1.165) is 41.9 Å². The first-order valence-electron chi connectivity index (χ1n) is 8.26. The predicted molar refractivity (Wildman–Crippen MR) is 116 cm³/mol. The van der Waals surface area contributed by atoms with Crippen LogP contribution in [-0.4, -0.2) is 46.3 Å². The number of aryl methyl sites for hydroxylation is 2. The van der Waals surface area contributed by atoms with E-state index in [4.69, 9.17) is 0 Å². The molecule has 0 fully saturated rings. The largest absolute Gasteiger partial charge is 0.356 e. The van der Waals surface area contributed by atoms with E-state index in [9.17, 15) is 0 Å². The molecule has 0 amide bonds. The highest BCUT2D eigenvalue weighted by Crippen LogP contribution is 2.18. The van der Waals surface area contributed by atoms with Gasteiger partial charge in [-0.25, -0.2) is 4.98 Å². The van der Waals surface area contributed by atoms with Gasteiger partial charge in [0.15, 0.2) is 5.96 Å². The molecule has 1 N–H and O–H groups in total. The molecule has 0 bridgehead atoms. The normalized spacial score (nSPS) is 11.6. The maximum absolute atomic E-state index is 4.58. The minimum atomic E-state index is 0. The van der Waals surface area contributed by atoms with Gasteiger partial charge in [0, 0.05) is 57.8 Å². The van der Waals surface area contributed by atoms with Crippen molar-refractivity contribution in [2.45, 2.75) is 39.7 Å². The summed E-state index contributed by atoms with van der Waals surface area (Å²) in [6.45, 7) is 8.00. The Hall–Kier alpha value is -1.16. The fourth-order valence-electron chi connectivity index (χ4n) is 2.70. The van der Waals surface area contributed by atoms with Crippen molar-refractivity contribution in [1.82, 2.24) is 25.0 Å². The maximum Gasteiger partial charge on any atom is 0.193 e. The van der Waals surface area contributed by atoms with Gasteiger partial charge in [0.2, 0.25) is 0 Å². The summed E-state index contributed by atoms with van der Waals surface area (Å²) in [5.74, 6) is 1.30. The number of rotatable bonds is 6. The Bertz CT molecular complexity index is 691. The van der Waals surface area contributed by atoms with Crippen molar-refractivity contribution >= 4 is 41.3 Å². The van der Waals surface area contributed by atoms with Gasteiger partial charge >= 0.3 is 0 Å². The van der Waals surface area contributed by atoms with E-state index in [1.54, 1.807) is 11.3 Å². The molecule has 0 atom stereocenters. The Morgan fingerprint density at radius 3 is 2.72 bits per heavy atom. The van der Waals surface area contributed by atoms with Crippen LogP contribution in [-0.2, 0) is 20.0 Å². The van der Waals surface area contributed by atoms with Gasteiger partial charge in [0.25, 0.3) is 0 Å². The molecule has 2 aromatic rings. The molecule has 8 heteroatoms. The molecule has 0 unspecified atom stereocenters. The third-order valence-corrected chi connectivity index (χ3v) is 4.62. The first kappa shape index (κ1) is 21.9. The lowest BCUT2D eigenvalue weighted by atomic mass is 10.1. The van der Waals surface area contributed by atoms with Crippen LogP contribution < -0.4 is 5.32 Å². The first-order valence-corrected chi connectivity index (χ1v) is 9.13. The van der Waals surface area contributed by atoms with E-state index in [2.05, 4.69) is 57.8 Å². The molecule has 0 spiro atoms. The fraction of sp³-hybridized carbons (Fsp3) is 0.588. The molecule has 25 heavy (non-hydrogen) atoms. The molecule has 6 nitrogen and oxygen atoms in total. The Labute approximate surface area is 171 Å². The second-order valence-corrected chi connectivity index (χ2v) is 7.37. The standard InChI is InChI=1S/C17H28N6S.HI/c1-12(2)16-14(10-23(6)21-16)9-22(5)17(18-4)19-8-7-15-11-24-13(3)20-15;/h10-12H,7-9H2,1-6H3,(H,18,19);1H. The van der Waals surface area contributed by atoms with Crippen LogP contribution in [0.2, 0.25) is 0 Å². The third kappa shape index (κ3) is 6.25. The minimum absolute atomic E-state index is 0. The average Bonchev–Trinajstić information content (AvgIpc) is 3.09. The number of guanidine groups is 1. The summed E-state index contributed by atoms with van der Waals surface area (Å²) in [6, 6.07) is 0. The molecule has 0 saturated carbocycles. The van der Waals surface area contributed by atoms with Gasteiger partial charge in [-0.15, -0.1) is 35.3 Å². The zero-order chi connectivity index (χ0) is 17.7. The van der Waals surface area contributed by atoms with E-state index >= 15 is 0 Å². The van der Waals surface area contributed by atoms with Crippen LogP contribution in [0.1, 0.15) is 41.7 Å². The number of aliphatic imine (C=N–C) groups is 1. The van der Waals surface area contributed by atoms with Crippen molar-refractivity contribution in [2.75, 3.05) is 20.6 Å². The monoisotopic (exact) mass is 476 g/mol. The topological polar surface area (TPSA) is 58.3 Å². The number of nitrogens with one attached hydrogen (secondary N) is 1. The Kier molecular flexibility index (Phi) is 8.84. The summed E-state index contributed by atoms with van der Waals surface area (Å²) in [4.78, 5) is 11.0. The van der Waals surface area contributed by atoms with Gasteiger partial charge in [-0.3, -0.25) is 9.67 Å². The van der Waals surface area contributed by atoms with E-state index < -0.39 is 0 Å². The molecule has 0 aliphatic rings. The van der Waals surface area contributed by atoms with Crippen LogP contribution in [0.15, 0.2) is 16.6 Å². The SMILES string of the molecule is CN=C(NCCc1csc(C)n1)N(C)Cc1cn(C)nc1C(C)C.I. The second kappa shape index (κ2) is 10.1. The highest BCUT2D eigenvalue weighted by Gasteiger charge is 2.15. The summed E-state index contributed by atoms with van der Waals surface area (Å²) >= 11 is 1.69. The average molecular weight is 476 g/mol. The van der Waals surface area contributed by atoms with Crippen LogP contribution in [0.5, 0.6) is 0 Å². The quantitative estimate of drug-likeness (QED) is 0.396. The van der Waals surface area contributed by atoms with Gasteiger partial charge in [0.05, 0.1) is 16.4 Å². The van der Waals surface area contributed by atoms with Gasteiger partial charge < -0.3 is 10.2 Å². The van der Waals surface area contributed by atoms with E-state index in [1.165, 1.54) is 5.56 Å². The summed E-state index contributed by atoms with van der Waals surface area (Å²) in [5.41, 5.74) is 3.53. The molecular formula is C17H29IN6S. The van der Waals surface area contributed by atoms with E-state index in [1.807, 2.05) is 25.7 Å². The van der Waals surface area contributed by atoms with E-state index in [0.29, 0.717) is 5.92 Å². The predicted octanol–water partition coefficient (Wildman–Crippen LogP) is 3.18. The van der Waals surface area contributed by atoms with Crippen LogP contribution in [0.3, 0.4) is 0 Å². The molecule has 0 radical (unpaired) electrons. The van der Waals surface area contributed by atoms with Crippen LogP contribution in [0, 0.1) is 6.92 Å². The molecule has 0 aromatic carbocycles. The second-order valence-electron chi connectivity index (χ2n) is 6.31. The summed E-state index contributed by atoms with van der Waals surface area (Å²) in [7, 11) is 5.84. The molecule has 140 valence electrons. The maximum atomic E-state index is 4.58. The van der Waals surface area contributed by atoms with Gasteiger partial charge in [-0.05, 0) is 12.8 Å². The number of aromatic nitrogens is 3. The van der Waals surface area contributed by atoms with Crippen molar-refractivity contribution in [2.24, 2.45) is 12.0 Å². The summed E-state index contributed by atoms with van der Waals surface area (Å²) in [5, 5.41) is 11.2. The molecular weight excluding hydrogens is 447 g/mol. The number of hydrogen-bond acceptors (Lipinski definition) is 4. The highest BCUT2D eigenvalue weighted by atomic mass is 127. The third-order valence-electron chi connectivity index (χ3n) is 3.80. The Morgan fingerprint density at radius 2 is 2.16 bits per heavy atom. The van der Waals surface area contributed by atoms with Gasteiger partial charge in [-0.1, -0.05) is 13.8 Å². The minimum Gasteiger partial charge on any atom is -0.356 e. The van der Waals surface area contributed by atoms with Gasteiger partial charge in [0.1, 0.15) is 0 Å². The van der Waals surface area contributed by atoms with Crippen molar-refractivity contribution in [1.29, 1.82) is 0 Å². The van der Waals surface area contributed by atoms with E-state index in [-0.39, 0.29) is 24.0 Å². The number of hydrogen-bond donors (Lipinski definition) is 1.